The summed E-state index contributed by atoms with van der Waals surface area (Å²) < 4.78 is 1.52. The van der Waals surface area contributed by atoms with E-state index in [1.165, 1.54) is 18.5 Å². The summed E-state index contributed by atoms with van der Waals surface area (Å²) in [6, 6.07) is 0. The number of carbonyl (C=O) groups excluding carboxylic acids is 3. The molecule has 5 nitrogen and oxygen atoms in total. The molecule has 0 saturated heterocycles. The minimum absolute atomic E-state index is 0.366. The Morgan fingerprint density at radius 1 is 1.29 bits per heavy atom. The summed E-state index contributed by atoms with van der Waals surface area (Å²) in [5.74, 6) is -2.48. The van der Waals surface area contributed by atoms with E-state index >= 15 is 0 Å². The SMILES string of the molecule is CCc1nn(C)cc1C(=O)C(C(C)=O)C(C)=O. The molecular weight excluding hydrogens is 220 g/mol. The summed E-state index contributed by atoms with van der Waals surface area (Å²) in [4.78, 5) is 34.8. The van der Waals surface area contributed by atoms with Crippen molar-refractivity contribution in [3.05, 3.63) is 17.5 Å². The van der Waals surface area contributed by atoms with Crippen LogP contribution in [0.25, 0.3) is 0 Å². The van der Waals surface area contributed by atoms with E-state index < -0.39 is 23.3 Å². The van der Waals surface area contributed by atoms with Gasteiger partial charge in [-0.1, -0.05) is 6.92 Å². The summed E-state index contributed by atoms with van der Waals surface area (Å²) in [5.41, 5.74) is 0.982. The quantitative estimate of drug-likeness (QED) is 0.564. The first-order valence-corrected chi connectivity index (χ1v) is 5.46. The number of ketones is 3. The molecule has 0 bridgehead atoms. The Morgan fingerprint density at radius 3 is 2.24 bits per heavy atom. The number of hydrogen-bond donors (Lipinski definition) is 0. The predicted molar refractivity (Wildman–Crippen MR) is 61.8 cm³/mol. The summed E-state index contributed by atoms with van der Waals surface area (Å²) >= 11 is 0. The first kappa shape index (κ1) is 13.3. The second-order valence-electron chi connectivity index (χ2n) is 4.04. The molecule has 17 heavy (non-hydrogen) atoms. The standard InChI is InChI=1S/C12H16N2O3/c1-5-10-9(6-14(4)13-10)12(17)11(7(2)15)8(3)16/h6,11H,5H2,1-4H3. The predicted octanol–water partition coefficient (Wildman–Crippen LogP) is 0.959. The average Bonchev–Trinajstić information content (AvgIpc) is 2.58. The molecule has 1 heterocycles. The topological polar surface area (TPSA) is 69.0 Å². The Kier molecular flexibility index (Phi) is 3.93. The van der Waals surface area contributed by atoms with Crippen molar-refractivity contribution in [2.75, 3.05) is 0 Å². The summed E-state index contributed by atoms with van der Waals surface area (Å²) in [5, 5.41) is 4.12. The zero-order chi connectivity index (χ0) is 13.2. The van der Waals surface area contributed by atoms with Gasteiger partial charge in [-0.15, -0.1) is 0 Å². The van der Waals surface area contributed by atoms with Crippen molar-refractivity contribution < 1.29 is 14.4 Å². The van der Waals surface area contributed by atoms with Crippen LogP contribution in [0.15, 0.2) is 6.20 Å². The molecule has 5 heteroatoms. The highest BCUT2D eigenvalue weighted by atomic mass is 16.2. The third-order valence-electron chi connectivity index (χ3n) is 2.58. The number of nitrogens with zero attached hydrogens (tertiary/aromatic N) is 2. The van der Waals surface area contributed by atoms with Gasteiger partial charge in [-0.3, -0.25) is 19.1 Å². The first-order chi connectivity index (χ1) is 7.88. The van der Waals surface area contributed by atoms with Crippen molar-refractivity contribution in [2.45, 2.75) is 27.2 Å². The van der Waals surface area contributed by atoms with Crippen LogP contribution >= 0.6 is 0 Å². The van der Waals surface area contributed by atoms with Crippen molar-refractivity contribution in [1.29, 1.82) is 0 Å². The number of rotatable bonds is 5. The molecule has 0 aliphatic rings. The lowest BCUT2D eigenvalue weighted by Crippen LogP contribution is -2.29. The second kappa shape index (κ2) is 5.03. The Hall–Kier alpha value is -1.78. The van der Waals surface area contributed by atoms with E-state index in [1.807, 2.05) is 6.92 Å². The average molecular weight is 236 g/mol. The van der Waals surface area contributed by atoms with E-state index in [0.29, 0.717) is 17.7 Å². The minimum atomic E-state index is -1.19. The Labute approximate surface area is 99.8 Å². The van der Waals surface area contributed by atoms with Gasteiger partial charge in [-0.05, 0) is 20.3 Å². The van der Waals surface area contributed by atoms with E-state index in [4.69, 9.17) is 0 Å². The minimum Gasteiger partial charge on any atom is -0.299 e. The molecule has 0 radical (unpaired) electrons. The van der Waals surface area contributed by atoms with Gasteiger partial charge < -0.3 is 0 Å². The van der Waals surface area contributed by atoms with Crippen LogP contribution in [-0.4, -0.2) is 27.1 Å². The molecule has 0 spiro atoms. The molecule has 0 aliphatic heterocycles. The van der Waals surface area contributed by atoms with Crippen LogP contribution in [0.2, 0.25) is 0 Å². The third kappa shape index (κ3) is 2.67. The maximum atomic E-state index is 12.1. The molecule has 1 rings (SSSR count). The zero-order valence-electron chi connectivity index (χ0n) is 10.5. The molecule has 1 aromatic heterocycles. The van der Waals surface area contributed by atoms with E-state index in [9.17, 15) is 14.4 Å². The van der Waals surface area contributed by atoms with E-state index in [-0.39, 0.29) is 0 Å². The lowest BCUT2D eigenvalue weighted by atomic mass is 9.91. The molecule has 0 amide bonds. The van der Waals surface area contributed by atoms with E-state index in [1.54, 1.807) is 13.2 Å². The van der Waals surface area contributed by atoms with Gasteiger partial charge in [0.2, 0.25) is 0 Å². The zero-order valence-corrected chi connectivity index (χ0v) is 10.5. The molecular formula is C12H16N2O3. The van der Waals surface area contributed by atoms with Crippen LogP contribution < -0.4 is 0 Å². The lowest BCUT2D eigenvalue weighted by molar-refractivity contribution is -0.128. The highest BCUT2D eigenvalue weighted by Gasteiger charge is 2.31. The van der Waals surface area contributed by atoms with Crippen LogP contribution in [0.5, 0.6) is 0 Å². The Morgan fingerprint density at radius 2 is 1.82 bits per heavy atom. The number of carbonyl (C=O) groups is 3. The molecule has 1 aromatic rings. The molecule has 0 fully saturated rings. The summed E-state index contributed by atoms with van der Waals surface area (Å²) in [7, 11) is 1.70. The molecule has 0 saturated carbocycles. The fourth-order valence-corrected chi connectivity index (χ4v) is 1.81. The van der Waals surface area contributed by atoms with Crippen LogP contribution in [0, 0.1) is 5.92 Å². The maximum absolute atomic E-state index is 12.1. The van der Waals surface area contributed by atoms with Crippen molar-refractivity contribution in [3.63, 3.8) is 0 Å². The highest BCUT2D eigenvalue weighted by Crippen LogP contribution is 2.15. The number of hydrogen-bond acceptors (Lipinski definition) is 4. The molecule has 0 unspecified atom stereocenters. The summed E-state index contributed by atoms with van der Waals surface area (Å²) in [6.45, 7) is 4.38. The third-order valence-corrected chi connectivity index (χ3v) is 2.58. The fourth-order valence-electron chi connectivity index (χ4n) is 1.81. The van der Waals surface area contributed by atoms with Crippen molar-refractivity contribution in [2.24, 2.45) is 13.0 Å². The van der Waals surface area contributed by atoms with Gasteiger partial charge >= 0.3 is 0 Å². The normalized spacial score (nSPS) is 10.6. The van der Waals surface area contributed by atoms with Crippen LogP contribution in [0.1, 0.15) is 36.8 Å². The van der Waals surface area contributed by atoms with Gasteiger partial charge in [0.05, 0.1) is 11.3 Å². The van der Waals surface area contributed by atoms with Crippen LogP contribution in [-0.2, 0) is 23.1 Å². The molecule has 0 atom stereocenters. The van der Waals surface area contributed by atoms with Gasteiger partial charge in [0.15, 0.2) is 5.78 Å². The Bertz CT molecular complexity index is 460. The molecule has 92 valence electrons. The smallest absolute Gasteiger partial charge is 0.184 e. The number of aromatic nitrogens is 2. The van der Waals surface area contributed by atoms with Crippen LogP contribution in [0.3, 0.4) is 0 Å². The van der Waals surface area contributed by atoms with Gasteiger partial charge in [0.1, 0.15) is 17.5 Å². The number of Topliss-reactive ketones (excluding diaryl/α,β-unsaturated/α-hetero) is 3. The van der Waals surface area contributed by atoms with E-state index in [0.717, 1.165) is 0 Å². The first-order valence-electron chi connectivity index (χ1n) is 5.46. The van der Waals surface area contributed by atoms with Gasteiger partial charge in [0, 0.05) is 13.2 Å². The van der Waals surface area contributed by atoms with Gasteiger partial charge in [-0.25, -0.2) is 0 Å². The van der Waals surface area contributed by atoms with Crippen molar-refractivity contribution in [3.8, 4) is 0 Å². The second-order valence-corrected chi connectivity index (χ2v) is 4.04. The van der Waals surface area contributed by atoms with Gasteiger partial charge in [0.25, 0.3) is 0 Å². The Balaban J connectivity index is 3.18. The lowest BCUT2D eigenvalue weighted by Gasteiger charge is -2.08. The van der Waals surface area contributed by atoms with Crippen LogP contribution in [0.4, 0.5) is 0 Å². The monoisotopic (exact) mass is 236 g/mol. The summed E-state index contributed by atoms with van der Waals surface area (Å²) in [6.07, 6.45) is 2.14. The van der Waals surface area contributed by atoms with E-state index in [2.05, 4.69) is 5.10 Å². The largest absolute Gasteiger partial charge is 0.299 e. The highest BCUT2D eigenvalue weighted by molar-refractivity contribution is 6.23. The maximum Gasteiger partial charge on any atom is 0.184 e. The van der Waals surface area contributed by atoms with Crippen molar-refractivity contribution >= 4 is 17.3 Å². The van der Waals surface area contributed by atoms with Gasteiger partial charge in [-0.2, -0.15) is 5.10 Å². The number of aryl methyl sites for hydroxylation is 2. The molecule has 0 aliphatic carbocycles. The molecule has 0 N–H and O–H groups in total. The fraction of sp³-hybridized carbons (Fsp3) is 0.500. The molecule has 0 aromatic carbocycles. The van der Waals surface area contributed by atoms with Crippen molar-refractivity contribution in [1.82, 2.24) is 9.78 Å².